The number of hydrogen-bond acceptors (Lipinski definition) is 2. The molecule has 0 atom stereocenters. The Morgan fingerprint density at radius 2 is 2.08 bits per heavy atom. The fourth-order valence-corrected chi connectivity index (χ4v) is 1.90. The average Bonchev–Trinajstić information content (AvgIpc) is 2.52. The van der Waals surface area contributed by atoms with Gasteiger partial charge in [0.15, 0.2) is 0 Å². The standard InChI is InChI=1S/C10H7FNS/c1-7-10(13-6-12-7)8-4-2-3-5-9(8)11/h2-6H,1H2. The van der Waals surface area contributed by atoms with Gasteiger partial charge in [-0.1, -0.05) is 18.2 Å². The van der Waals surface area contributed by atoms with E-state index in [1.807, 2.05) is 0 Å². The first-order valence-electron chi connectivity index (χ1n) is 3.79. The topological polar surface area (TPSA) is 12.9 Å². The molecule has 0 unspecified atom stereocenters. The molecule has 0 saturated heterocycles. The lowest BCUT2D eigenvalue weighted by Crippen LogP contribution is -1.82. The van der Waals surface area contributed by atoms with Gasteiger partial charge in [0.1, 0.15) is 5.82 Å². The number of nitrogens with zero attached hydrogens (tertiary/aromatic N) is 1. The van der Waals surface area contributed by atoms with E-state index in [1.165, 1.54) is 17.4 Å². The third-order valence-electron chi connectivity index (χ3n) is 1.76. The highest BCUT2D eigenvalue weighted by Crippen LogP contribution is 2.28. The lowest BCUT2D eigenvalue weighted by atomic mass is 10.1. The molecule has 2 aromatic rings. The van der Waals surface area contributed by atoms with Crippen molar-refractivity contribution < 1.29 is 4.39 Å². The van der Waals surface area contributed by atoms with E-state index >= 15 is 0 Å². The Balaban J connectivity index is 2.59. The summed E-state index contributed by atoms with van der Waals surface area (Å²) in [5, 5.41) is 0. The maximum absolute atomic E-state index is 13.3. The molecule has 1 heterocycles. The quantitative estimate of drug-likeness (QED) is 0.676. The van der Waals surface area contributed by atoms with E-state index in [9.17, 15) is 4.39 Å². The van der Waals surface area contributed by atoms with Crippen LogP contribution in [0, 0.1) is 12.7 Å². The molecule has 0 aliphatic rings. The number of rotatable bonds is 1. The summed E-state index contributed by atoms with van der Waals surface area (Å²) in [5.74, 6) is -0.225. The zero-order valence-corrected chi connectivity index (χ0v) is 7.64. The molecule has 0 amide bonds. The van der Waals surface area contributed by atoms with Gasteiger partial charge in [0, 0.05) is 5.56 Å². The van der Waals surface area contributed by atoms with E-state index in [4.69, 9.17) is 0 Å². The van der Waals surface area contributed by atoms with Crippen molar-refractivity contribution in [1.82, 2.24) is 4.98 Å². The van der Waals surface area contributed by atoms with Crippen molar-refractivity contribution in [2.45, 2.75) is 0 Å². The predicted molar refractivity (Wildman–Crippen MR) is 52.0 cm³/mol. The number of hydrogen-bond donors (Lipinski definition) is 0. The van der Waals surface area contributed by atoms with Crippen LogP contribution in [0.1, 0.15) is 5.69 Å². The number of aromatic nitrogens is 1. The van der Waals surface area contributed by atoms with E-state index in [0.29, 0.717) is 11.3 Å². The minimum absolute atomic E-state index is 0.225. The Kier molecular flexibility index (Phi) is 2.10. The molecule has 1 aromatic carbocycles. The van der Waals surface area contributed by atoms with Crippen LogP contribution < -0.4 is 0 Å². The van der Waals surface area contributed by atoms with Crippen LogP contribution in [0.5, 0.6) is 0 Å². The smallest absolute Gasteiger partial charge is 0.131 e. The van der Waals surface area contributed by atoms with Crippen LogP contribution in [-0.2, 0) is 0 Å². The van der Waals surface area contributed by atoms with Crippen molar-refractivity contribution in [2.24, 2.45) is 0 Å². The summed E-state index contributed by atoms with van der Waals surface area (Å²) in [6, 6.07) is 6.65. The molecule has 0 N–H and O–H groups in total. The summed E-state index contributed by atoms with van der Waals surface area (Å²) in [4.78, 5) is 4.78. The van der Waals surface area contributed by atoms with Crippen LogP contribution >= 0.6 is 11.3 Å². The summed E-state index contributed by atoms with van der Waals surface area (Å²) in [6.07, 6.45) is 0. The molecule has 0 spiro atoms. The fourth-order valence-electron chi connectivity index (χ4n) is 1.13. The van der Waals surface area contributed by atoms with Gasteiger partial charge >= 0.3 is 0 Å². The van der Waals surface area contributed by atoms with E-state index in [-0.39, 0.29) is 5.82 Å². The van der Waals surface area contributed by atoms with Gasteiger partial charge in [0.05, 0.1) is 16.1 Å². The first kappa shape index (κ1) is 8.38. The van der Waals surface area contributed by atoms with Gasteiger partial charge in [-0.2, -0.15) is 0 Å². The number of halogens is 1. The average molecular weight is 192 g/mol. The largest absolute Gasteiger partial charge is 0.249 e. The Bertz CT molecular complexity index is 422. The summed E-state index contributed by atoms with van der Waals surface area (Å²) < 4.78 is 13.3. The summed E-state index contributed by atoms with van der Waals surface area (Å²) in [5.41, 5.74) is 2.88. The Morgan fingerprint density at radius 3 is 2.69 bits per heavy atom. The van der Waals surface area contributed by atoms with Crippen molar-refractivity contribution in [3.05, 3.63) is 48.2 Å². The molecule has 0 fully saturated rings. The molecule has 3 heteroatoms. The highest BCUT2D eigenvalue weighted by Gasteiger charge is 2.08. The number of thiazole rings is 1. The molecule has 1 radical (unpaired) electrons. The molecule has 1 nitrogen and oxygen atoms in total. The molecule has 0 bridgehead atoms. The molecular weight excluding hydrogens is 185 g/mol. The van der Waals surface area contributed by atoms with Gasteiger partial charge in [-0.05, 0) is 13.0 Å². The normalized spacial score (nSPS) is 10.3. The lowest BCUT2D eigenvalue weighted by molar-refractivity contribution is 0.631. The second-order valence-corrected chi connectivity index (χ2v) is 3.46. The van der Waals surface area contributed by atoms with Crippen LogP contribution in [0.15, 0.2) is 29.8 Å². The van der Waals surface area contributed by atoms with E-state index in [1.54, 1.807) is 23.7 Å². The zero-order chi connectivity index (χ0) is 9.26. The molecule has 65 valence electrons. The Labute approximate surface area is 79.9 Å². The van der Waals surface area contributed by atoms with Crippen LogP contribution in [0.4, 0.5) is 4.39 Å². The zero-order valence-electron chi connectivity index (χ0n) is 6.83. The third kappa shape index (κ3) is 1.47. The van der Waals surface area contributed by atoms with Gasteiger partial charge < -0.3 is 0 Å². The van der Waals surface area contributed by atoms with Gasteiger partial charge in [-0.25, -0.2) is 9.37 Å². The van der Waals surface area contributed by atoms with E-state index < -0.39 is 0 Å². The summed E-state index contributed by atoms with van der Waals surface area (Å²) >= 11 is 1.40. The van der Waals surface area contributed by atoms with Crippen molar-refractivity contribution in [3.8, 4) is 10.4 Å². The summed E-state index contributed by atoms with van der Waals surface area (Å²) in [7, 11) is 0. The highest BCUT2D eigenvalue weighted by molar-refractivity contribution is 7.13. The van der Waals surface area contributed by atoms with Gasteiger partial charge in [-0.15, -0.1) is 11.3 Å². The third-order valence-corrected chi connectivity index (χ3v) is 2.66. The first-order valence-corrected chi connectivity index (χ1v) is 4.67. The molecule has 13 heavy (non-hydrogen) atoms. The van der Waals surface area contributed by atoms with Crippen LogP contribution in [0.25, 0.3) is 10.4 Å². The molecule has 0 aliphatic heterocycles. The van der Waals surface area contributed by atoms with Gasteiger partial charge in [0.2, 0.25) is 0 Å². The Hall–Kier alpha value is -1.22. The monoisotopic (exact) mass is 192 g/mol. The number of benzene rings is 1. The van der Waals surface area contributed by atoms with E-state index in [2.05, 4.69) is 11.9 Å². The molecule has 2 rings (SSSR count). The van der Waals surface area contributed by atoms with Crippen LogP contribution in [0.2, 0.25) is 0 Å². The van der Waals surface area contributed by atoms with Crippen molar-refractivity contribution in [2.75, 3.05) is 0 Å². The van der Waals surface area contributed by atoms with Crippen molar-refractivity contribution in [3.63, 3.8) is 0 Å². The SMILES string of the molecule is [CH2]c1ncsc1-c1ccccc1F. The second kappa shape index (κ2) is 3.26. The van der Waals surface area contributed by atoms with E-state index in [0.717, 1.165) is 4.88 Å². The molecule has 1 aromatic heterocycles. The van der Waals surface area contributed by atoms with Gasteiger partial charge in [0.25, 0.3) is 0 Å². The minimum atomic E-state index is -0.225. The lowest BCUT2D eigenvalue weighted by Gasteiger charge is -1.99. The molecular formula is C10H7FNS. The first-order chi connectivity index (χ1) is 6.29. The maximum Gasteiger partial charge on any atom is 0.131 e. The highest BCUT2D eigenvalue weighted by atomic mass is 32.1. The Morgan fingerprint density at radius 1 is 1.31 bits per heavy atom. The minimum Gasteiger partial charge on any atom is -0.249 e. The van der Waals surface area contributed by atoms with Crippen LogP contribution in [-0.4, -0.2) is 4.98 Å². The van der Waals surface area contributed by atoms with Crippen LogP contribution in [0.3, 0.4) is 0 Å². The summed E-state index contributed by atoms with van der Waals surface area (Å²) in [6.45, 7) is 3.73. The fraction of sp³-hybridized carbons (Fsp3) is 0. The molecule has 0 saturated carbocycles. The molecule has 0 aliphatic carbocycles. The van der Waals surface area contributed by atoms with Crippen molar-refractivity contribution in [1.29, 1.82) is 0 Å². The van der Waals surface area contributed by atoms with Crippen molar-refractivity contribution >= 4 is 11.3 Å². The van der Waals surface area contributed by atoms with Gasteiger partial charge in [-0.3, -0.25) is 0 Å². The predicted octanol–water partition coefficient (Wildman–Crippen LogP) is 3.13. The maximum atomic E-state index is 13.3. The second-order valence-electron chi connectivity index (χ2n) is 2.61.